The molecule has 3 atom stereocenters. The van der Waals surface area contributed by atoms with E-state index in [0.29, 0.717) is 18.0 Å². The van der Waals surface area contributed by atoms with Gasteiger partial charge >= 0.3 is 0 Å². The predicted octanol–water partition coefficient (Wildman–Crippen LogP) is 2.89. The van der Waals surface area contributed by atoms with Crippen molar-refractivity contribution in [3.05, 3.63) is 29.8 Å². The van der Waals surface area contributed by atoms with Crippen LogP contribution in [-0.2, 0) is 6.54 Å². The monoisotopic (exact) mass is 275 g/mol. The van der Waals surface area contributed by atoms with Crippen LogP contribution in [0.4, 0.5) is 5.69 Å². The van der Waals surface area contributed by atoms with Crippen molar-refractivity contribution in [2.75, 3.05) is 33.0 Å². The highest BCUT2D eigenvalue weighted by molar-refractivity contribution is 5.52. The van der Waals surface area contributed by atoms with Crippen molar-refractivity contribution >= 4 is 5.69 Å². The Morgan fingerprint density at radius 3 is 2.65 bits per heavy atom. The van der Waals surface area contributed by atoms with Crippen molar-refractivity contribution in [2.24, 2.45) is 5.92 Å². The number of rotatable bonds is 4. The Kier molecular flexibility index (Phi) is 5.06. The van der Waals surface area contributed by atoms with Crippen molar-refractivity contribution in [1.82, 2.24) is 9.80 Å². The average Bonchev–Trinajstić information content (AvgIpc) is 2.37. The van der Waals surface area contributed by atoms with Crippen LogP contribution in [0.25, 0.3) is 0 Å². The normalized spacial score (nSPS) is 27.8. The van der Waals surface area contributed by atoms with E-state index in [1.165, 1.54) is 24.2 Å². The van der Waals surface area contributed by atoms with E-state index in [-0.39, 0.29) is 0 Å². The molecule has 0 aliphatic carbocycles. The molecule has 1 aromatic rings. The summed E-state index contributed by atoms with van der Waals surface area (Å²) in [5.41, 5.74) is 2.69. The molecule has 20 heavy (non-hydrogen) atoms. The molecule has 1 aliphatic heterocycles. The third-order valence-electron chi connectivity index (χ3n) is 4.46. The predicted molar refractivity (Wildman–Crippen MR) is 87.1 cm³/mol. The summed E-state index contributed by atoms with van der Waals surface area (Å²) in [6.07, 6.45) is 1.22. The minimum atomic E-state index is 0.574. The minimum Gasteiger partial charge on any atom is -0.382 e. The highest BCUT2D eigenvalue weighted by Gasteiger charge is 2.29. The zero-order valence-corrected chi connectivity index (χ0v) is 13.6. The van der Waals surface area contributed by atoms with Crippen molar-refractivity contribution in [1.29, 1.82) is 0 Å². The number of para-hydroxylation sites is 1. The van der Waals surface area contributed by atoms with E-state index in [0.717, 1.165) is 6.54 Å². The molecule has 2 rings (SSSR count). The summed E-state index contributed by atoms with van der Waals surface area (Å²) in [4.78, 5) is 4.69. The Balaban J connectivity index is 2.09. The zero-order chi connectivity index (χ0) is 14.7. The quantitative estimate of drug-likeness (QED) is 0.911. The Morgan fingerprint density at radius 2 is 1.95 bits per heavy atom. The van der Waals surface area contributed by atoms with Crippen LogP contribution in [0.5, 0.6) is 0 Å². The first-order chi connectivity index (χ1) is 9.47. The highest BCUT2D eigenvalue weighted by Crippen LogP contribution is 2.26. The van der Waals surface area contributed by atoms with Gasteiger partial charge in [0.05, 0.1) is 0 Å². The van der Waals surface area contributed by atoms with Gasteiger partial charge in [0.1, 0.15) is 0 Å². The Bertz CT molecular complexity index is 430. The van der Waals surface area contributed by atoms with Gasteiger partial charge in [0, 0.05) is 30.9 Å². The molecular formula is C17H29N3. The van der Waals surface area contributed by atoms with Crippen molar-refractivity contribution < 1.29 is 0 Å². The topological polar surface area (TPSA) is 18.5 Å². The summed E-state index contributed by atoms with van der Waals surface area (Å²) in [5, 5.41) is 3.80. The maximum atomic E-state index is 3.80. The van der Waals surface area contributed by atoms with E-state index < -0.39 is 0 Å². The summed E-state index contributed by atoms with van der Waals surface area (Å²) < 4.78 is 0. The molecule has 1 heterocycles. The second kappa shape index (κ2) is 6.59. The largest absolute Gasteiger partial charge is 0.382 e. The van der Waals surface area contributed by atoms with Gasteiger partial charge in [0.25, 0.3) is 0 Å². The number of piperidine rings is 1. The molecular weight excluding hydrogens is 246 g/mol. The second-order valence-electron chi connectivity index (χ2n) is 6.65. The summed E-state index contributed by atoms with van der Waals surface area (Å²) in [6, 6.07) is 9.93. The molecule has 3 nitrogen and oxygen atoms in total. The van der Waals surface area contributed by atoms with Crippen LogP contribution in [0.3, 0.4) is 0 Å². The first kappa shape index (κ1) is 15.3. The van der Waals surface area contributed by atoms with Gasteiger partial charge in [-0.3, -0.25) is 0 Å². The van der Waals surface area contributed by atoms with Gasteiger partial charge < -0.3 is 15.1 Å². The van der Waals surface area contributed by atoms with Gasteiger partial charge in [-0.1, -0.05) is 25.1 Å². The maximum absolute atomic E-state index is 3.80. The zero-order valence-electron chi connectivity index (χ0n) is 13.6. The maximum Gasteiger partial charge on any atom is 0.0388 e. The molecule has 3 heteroatoms. The number of hydrogen-bond acceptors (Lipinski definition) is 3. The van der Waals surface area contributed by atoms with Crippen LogP contribution in [0, 0.1) is 5.92 Å². The molecule has 1 aliphatic rings. The Hall–Kier alpha value is -1.06. The SMILES string of the molecule is CC1CN(C)C(C)CC1Nc1ccccc1CN(C)C. The van der Waals surface area contributed by atoms with Crippen LogP contribution < -0.4 is 5.32 Å². The fourth-order valence-electron chi connectivity index (χ4n) is 3.08. The first-order valence-electron chi connectivity index (χ1n) is 7.66. The number of likely N-dealkylation sites (tertiary alicyclic amines) is 1. The molecule has 1 fully saturated rings. The molecule has 0 radical (unpaired) electrons. The molecule has 0 spiro atoms. The lowest BCUT2D eigenvalue weighted by atomic mass is 9.89. The van der Waals surface area contributed by atoms with Gasteiger partial charge in [-0.2, -0.15) is 0 Å². The number of hydrogen-bond donors (Lipinski definition) is 1. The summed E-state index contributed by atoms with van der Waals surface area (Å²) >= 11 is 0. The third kappa shape index (κ3) is 3.74. The molecule has 1 aromatic carbocycles. The van der Waals surface area contributed by atoms with E-state index in [9.17, 15) is 0 Å². The average molecular weight is 275 g/mol. The molecule has 0 amide bonds. The molecule has 0 saturated carbocycles. The van der Waals surface area contributed by atoms with Crippen molar-refractivity contribution in [3.63, 3.8) is 0 Å². The lowest BCUT2D eigenvalue weighted by Gasteiger charge is -2.40. The van der Waals surface area contributed by atoms with E-state index in [1.54, 1.807) is 0 Å². The number of nitrogens with zero attached hydrogens (tertiary/aromatic N) is 2. The summed E-state index contributed by atoms with van der Waals surface area (Å²) in [5.74, 6) is 0.684. The van der Waals surface area contributed by atoms with Gasteiger partial charge in [-0.05, 0) is 52.0 Å². The van der Waals surface area contributed by atoms with E-state index >= 15 is 0 Å². The van der Waals surface area contributed by atoms with Crippen LogP contribution in [-0.4, -0.2) is 49.6 Å². The fraction of sp³-hybridized carbons (Fsp3) is 0.647. The summed E-state index contributed by atoms with van der Waals surface area (Å²) in [7, 11) is 6.48. The Morgan fingerprint density at radius 1 is 1.25 bits per heavy atom. The van der Waals surface area contributed by atoms with Crippen molar-refractivity contribution in [2.45, 2.75) is 38.9 Å². The van der Waals surface area contributed by atoms with E-state index in [1.807, 2.05) is 0 Å². The molecule has 1 saturated heterocycles. The fourth-order valence-corrected chi connectivity index (χ4v) is 3.08. The number of anilines is 1. The van der Waals surface area contributed by atoms with Crippen molar-refractivity contribution in [3.8, 4) is 0 Å². The van der Waals surface area contributed by atoms with E-state index in [4.69, 9.17) is 0 Å². The lowest BCUT2D eigenvalue weighted by molar-refractivity contribution is 0.145. The Labute approximate surface area is 124 Å². The van der Waals surface area contributed by atoms with Crippen LogP contribution >= 0.6 is 0 Å². The second-order valence-corrected chi connectivity index (χ2v) is 6.65. The first-order valence-corrected chi connectivity index (χ1v) is 7.66. The third-order valence-corrected chi connectivity index (χ3v) is 4.46. The van der Waals surface area contributed by atoms with Gasteiger partial charge in [0.15, 0.2) is 0 Å². The number of nitrogens with one attached hydrogen (secondary N) is 1. The van der Waals surface area contributed by atoms with E-state index in [2.05, 4.69) is 74.4 Å². The summed E-state index contributed by atoms with van der Waals surface area (Å²) in [6.45, 7) is 6.84. The molecule has 3 unspecified atom stereocenters. The minimum absolute atomic E-state index is 0.574. The van der Waals surface area contributed by atoms with Gasteiger partial charge in [0.2, 0.25) is 0 Å². The van der Waals surface area contributed by atoms with Crippen LogP contribution in [0.1, 0.15) is 25.8 Å². The standard InChI is InChI=1S/C17H29N3/c1-13-11-20(5)14(2)10-17(13)18-16-9-7-6-8-15(16)12-19(3)4/h6-9,13-14,17-18H,10-12H2,1-5H3. The highest BCUT2D eigenvalue weighted by atomic mass is 15.2. The van der Waals surface area contributed by atoms with Crippen LogP contribution in [0.2, 0.25) is 0 Å². The molecule has 0 aromatic heterocycles. The smallest absolute Gasteiger partial charge is 0.0388 e. The van der Waals surface area contributed by atoms with Gasteiger partial charge in [-0.15, -0.1) is 0 Å². The lowest BCUT2D eigenvalue weighted by Crippen LogP contribution is -2.48. The molecule has 1 N–H and O–H groups in total. The van der Waals surface area contributed by atoms with Crippen LogP contribution in [0.15, 0.2) is 24.3 Å². The number of benzene rings is 1. The molecule has 0 bridgehead atoms. The molecule has 112 valence electrons. The van der Waals surface area contributed by atoms with Gasteiger partial charge in [-0.25, -0.2) is 0 Å².